The molecule has 66 valence electrons. The smallest absolute Gasteiger partial charge is 0.311 e. The minimum Gasteiger partial charge on any atom is -0.481 e. The van der Waals surface area contributed by atoms with Gasteiger partial charge in [-0.15, -0.1) is 0 Å². The van der Waals surface area contributed by atoms with Crippen molar-refractivity contribution >= 4 is 17.7 Å². The second-order valence-electron chi connectivity index (χ2n) is 2.67. The van der Waals surface area contributed by atoms with E-state index in [4.69, 9.17) is 5.11 Å². The summed E-state index contributed by atoms with van der Waals surface area (Å²) in [5, 5.41) is 8.57. The van der Waals surface area contributed by atoms with Crippen molar-refractivity contribution in [3.05, 3.63) is 0 Å². The van der Waals surface area contributed by atoms with E-state index in [-0.39, 0.29) is 6.42 Å². The zero-order valence-corrected chi connectivity index (χ0v) is 6.44. The summed E-state index contributed by atoms with van der Waals surface area (Å²) >= 11 is 0. The molecule has 0 aromatic heterocycles. The topological polar surface area (TPSA) is 80.7 Å². The van der Waals surface area contributed by atoms with Crippen LogP contribution in [0.1, 0.15) is 13.3 Å². The number of cyclic esters (lactones) is 1. The Balaban J connectivity index is 2.79. The molecule has 1 fully saturated rings. The summed E-state index contributed by atoms with van der Waals surface area (Å²) in [5.74, 6) is -3.22. The van der Waals surface area contributed by atoms with Gasteiger partial charge in [0.05, 0.1) is 6.42 Å². The average Bonchev–Trinajstić information content (AvgIpc) is 2.31. The summed E-state index contributed by atoms with van der Waals surface area (Å²) in [6, 6.07) is 0. The van der Waals surface area contributed by atoms with E-state index in [1.54, 1.807) is 0 Å². The Morgan fingerprint density at radius 1 is 1.58 bits per heavy atom. The third-order valence-electron chi connectivity index (χ3n) is 1.73. The van der Waals surface area contributed by atoms with Crippen LogP contribution in [0.15, 0.2) is 0 Å². The fraction of sp³-hybridized carbons (Fsp3) is 0.571. The molecule has 1 unspecified atom stereocenters. The summed E-state index contributed by atoms with van der Waals surface area (Å²) < 4.78 is 4.53. The highest BCUT2D eigenvalue weighted by Gasteiger charge is 2.42. The van der Waals surface area contributed by atoms with Gasteiger partial charge in [-0.2, -0.15) is 0 Å². The average molecular weight is 172 g/mol. The first kappa shape index (κ1) is 8.70. The maximum atomic E-state index is 10.8. The van der Waals surface area contributed by atoms with Crippen LogP contribution in [0.2, 0.25) is 0 Å². The van der Waals surface area contributed by atoms with Crippen molar-refractivity contribution in [2.24, 2.45) is 5.92 Å². The van der Waals surface area contributed by atoms with Gasteiger partial charge in [0, 0.05) is 0 Å². The van der Waals surface area contributed by atoms with Crippen LogP contribution >= 0.6 is 0 Å². The number of ketones is 1. The molecule has 0 aliphatic carbocycles. The number of Topliss-reactive ketones (excluding diaryl/α,β-unsaturated/α-hetero) is 1. The van der Waals surface area contributed by atoms with E-state index >= 15 is 0 Å². The van der Waals surface area contributed by atoms with Gasteiger partial charge in [-0.1, -0.05) is 0 Å². The van der Waals surface area contributed by atoms with E-state index in [1.807, 2.05) is 0 Å². The summed E-state index contributed by atoms with van der Waals surface area (Å²) in [4.78, 5) is 31.9. The summed E-state index contributed by atoms with van der Waals surface area (Å²) in [7, 11) is 0. The van der Waals surface area contributed by atoms with Crippen LogP contribution in [0.3, 0.4) is 0 Å². The number of esters is 1. The van der Waals surface area contributed by atoms with Gasteiger partial charge < -0.3 is 9.84 Å². The second-order valence-corrected chi connectivity index (χ2v) is 2.67. The Morgan fingerprint density at radius 2 is 2.17 bits per heavy atom. The fourth-order valence-electron chi connectivity index (χ4n) is 1.14. The molecule has 1 aliphatic heterocycles. The van der Waals surface area contributed by atoms with Crippen LogP contribution in [0.5, 0.6) is 0 Å². The number of carboxylic acid groups (broad SMARTS) is 1. The highest BCUT2D eigenvalue weighted by molar-refractivity contribution is 5.93. The van der Waals surface area contributed by atoms with E-state index in [0.717, 1.165) is 0 Å². The molecule has 0 spiro atoms. The number of rotatable bonds is 2. The molecule has 1 heterocycles. The predicted octanol–water partition coefficient (Wildman–Crippen LogP) is -0.408. The third kappa shape index (κ3) is 1.44. The lowest BCUT2D eigenvalue weighted by molar-refractivity contribution is -0.150. The zero-order chi connectivity index (χ0) is 9.30. The lowest BCUT2D eigenvalue weighted by Crippen LogP contribution is -2.29. The van der Waals surface area contributed by atoms with Crippen molar-refractivity contribution in [1.82, 2.24) is 0 Å². The van der Waals surface area contributed by atoms with Crippen molar-refractivity contribution in [3.63, 3.8) is 0 Å². The van der Waals surface area contributed by atoms with E-state index in [9.17, 15) is 14.4 Å². The van der Waals surface area contributed by atoms with Crippen molar-refractivity contribution in [1.29, 1.82) is 0 Å². The first-order valence-electron chi connectivity index (χ1n) is 3.45. The Hall–Kier alpha value is -1.39. The van der Waals surface area contributed by atoms with Crippen molar-refractivity contribution < 1.29 is 24.2 Å². The molecule has 0 bridgehead atoms. The number of aliphatic carboxylic acids is 1. The number of carbonyl (C=O) groups excluding carboxylic acids is 2. The monoisotopic (exact) mass is 172 g/mol. The minimum absolute atomic E-state index is 0.209. The number of carbonyl (C=O) groups is 3. The molecule has 1 aliphatic rings. The number of carboxylic acids is 1. The second kappa shape index (κ2) is 2.92. The Labute approximate surface area is 68.3 Å². The van der Waals surface area contributed by atoms with E-state index < -0.39 is 29.7 Å². The first-order valence-corrected chi connectivity index (χ1v) is 3.45. The van der Waals surface area contributed by atoms with Gasteiger partial charge >= 0.3 is 11.9 Å². The molecule has 1 saturated heterocycles. The number of ether oxygens (including phenoxy) is 1. The molecule has 0 aromatic carbocycles. The molecule has 1 rings (SSSR count). The largest absolute Gasteiger partial charge is 0.481 e. The van der Waals surface area contributed by atoms with Crippen LogP contribution in [0.4, 0.5) is 0 Å². The summed E-state index contributed by atoms with van der Waals surface area (Å²) in [5.41, 5.74) is 0. The maximum absolute atomic E-state index is 10.8. The maximum Gasteiger partial charge on any atom is 0.311 e. The van der Waals surface area contributed by atoms with Gasteiger partial charge in [0.2, 0.25) is 0 Å². The highest BCUT2D eigenvalue weighted by atomic mass is 16.6. The van der Waals surface area contributed by atoms with Crippen LogP contribution < -0.4 is 0 Å². The minimum atomic E-state index is -1.17. The molecular weight excluding hydrogens is 164 g/mol. The Morgan fingerprint density at radius 3 is 2.50 bits per heavy atom. The van der Waals surface area contributed by atoms with E-state index in [2.05, 4.69) is 4.74 Å². The van der Waals surface area contributed by atoms with E-state index in [0.29, 0.717) is 0 Å². The Kier molecular flexibility index (Phi) is 2.12. The van der Waals surface area contributed by atoms with Crippen molar-refractivity contribution in [3.8, 4) is 0 Å². The molecule has 0 radical (unpaired) electrons. The van der Waals surface area contributed by atoms with Crippen molar-refractivity contribution in [2.45, 2.75) is 19.4 Å². The van der Waals surface area contributed by atoms with Gasteiger partial charge in [-0.05, 0) is 6.92 Å². The molecule has 0 amide bonds. The Bertz CT molecular complexity index is 220. The lowest BCUT2D eigenvalue weighted by Gasteiger charge is -2.08. The quantitative estimate of drug-likeness (QED) is 0.573. The van der Waals surface area contributed by atoms with Gasteiger partial charge in [0.1, 0.15) is 5.92 Å². The molecule has 12 heavy (non-hydrogen) atoms. The normalized spacial score (nSPS) is 28.2. The fourth-order valence-corrected chi connectivity index (χ4v) is 1.14. The lowest BCUT2D eigenvalue weighted by atomic mass is 9.99. The molecule has 1 N–H and O–H groups in total. The molecule has 0 saturated carbocycles. The molecule has 5 heteroatoms. The van der Waals surface area contributed by atoms with Crippen molar-refractivity contribution in [2.75, 3.05) is 0 Å². The molecule has 5 nitrogen and oxygen atoms in total. The summed E-state index contributed by atoms with van der Waals surface area (Å²) in [6.45, 7) is 1.21. The van der Waals surface area contributed by atoms with Gasteiger partial charge in [-0.25, -0.2) is 0 Å². The SMILES string of the molecule is CC(=O)[C@@H]1OC(=O)CC1C(=O)O. The van der Waals surface area contributed by atoms with Crippen LogP contribution in [0, 0.1) is 5.92 Å². The third-order valence-corrected chi connectivity index (χ3v) is 1.73. The molecule has 2 atom stereocenters. The van der Waals surface area contributed by atoms with Crippen LogP contribution in [-0.4, -0.2) is 28.9 Å². The van der Waals surface area contributed by atoms with Gasteiger partial charge in [-0.3, -0.25) is 14.4 Å². The number of hydrogen-bond acceptors (Lipinski definition) is 4. The molecular formula is C7H8O5. The molecule has 0 aromatic rings. The van der Waals surface area contributed by atoms with Gasteiger partial charge in [0.25, 0.3) is 0 Å². The zero-order valence-electron chi connectivity index (χ0n) is 6.44. The van der Waals surface area contributed by atoms with Gasteiger partial charge in [0.15, 0.2) is 11.9 Å². The highest BCUT2D eigenvalue weighted by Crippen LogP contribution is 2.22. The van der Waals surface area contributed by atoms with Crippen LogP contribution in [-0.2, 0) is 19.1 Å². The number of hydrogen-bond donors (Lipinski definition) is 1. The van der Waals surface area contributed by atoms with Crippen LogP contribution in [0.25, 0.3) is 0 Å². The first-order chi connectivity index (χ1) is 5.52. The summed E-state index contributed by atoms with van der Waals surface area (Å²) in [6.07, 6.45) is -1.30. The standard InChI is InChI=1S/C7H8O5/c1-3(8)6-4(7(10)11)2-5(9)12-6/h4,6H,2H2,1H3,(H,10,11)/t4?,6-/m0/s1. The van der Waals surface area contributed by atoms with E-state index in [1.165, 1.54) is 6.92 Å². The predicted molar refractivity (Wildman–Crippen MR) is 36.3 cm³/mol.